The number of hydrogen-bond donors (Lipinski definition) is 1. The molecule has 7 heteroatoms. The van der Waals surface area contributed by atoms with Crippen molar-refractivity contribution in [3.8, 4) is 28.5 Å². The molecular formula is C22H23N3O4. The van der Waals surface area contributed by atoms with E-state index in [4.69, 9.17) is 14.2 Å². The highest BCUT2D eigenvalue weighted by molar-refractivity contribution is 5.99. The maximum absolute atomic E-state index is 13.0. The average molecular weight is 393 g/mol. The summed E-state index contributed by atoms with van der Waals surface area (Å²) in [6.45, 7) is 3.91. The lowest BCUT2D eigenvalue weighted by atomic mass is 10.1. The number of carbonyl (C=O) groups excluding carboxylic acids is 1. The number of aryl methyl sites for hydroxylation is 1. The first-order valence-electron chi connectivity index (χ1n) is 9.51. The Hall–Kier alpha value is -3.48. The first-order chi connectivity index (χ1) is 14.1. The molecule has 0 fully saturated rings. The van der Waals surface area contributed by atoms with Crippen molar-refractivity contribution in [2.24, 2.45) is 0 Å². The van der Waals surface area contributed by atoms with E-state index in [2.05, 4.69) is 10.2 Å². The van der Waals surface area contributed by atoms with Gasteiger partial charge in [-0.25, -0.2) is 0 Å². The summed E-state index contributed by atoms with van der Waals surface area (Å²) in [6, 6.07) is 13.4. The molecule has 0 atom stereocenters. The van der Waals surface area contributed by atoms with Gasteiger partial charge in [0.1, 0.15) is 25.6 Å². The number of para-hydroxylation sites is 1. The van der Waals surface area contributed by atoms with Gasteiger partial charge in [-0.2, -0.15) is 5.10 Å². The van der Waals surface area contributed by atoms with Crippen molar-refractivity contribution in [1.29, 1.82) is 0 Å². The molecule has 3 aromatic rings. The Bertz CT molecular complexity index is 1010. The highest BCUT2D eigenvalue weighted by Crippen LogP contribution is 2.35. The van der Waals surface area contributed by atoms with Gasteiger partial charge in [-0.1, -0.05) is 18.2 Å². The number of carbonyl (C=O) groups is 1. The number of H-pyrrole nitrogens is 1. The SMILES string of the molecule is Cc1ccccc1OCCN(C)C(=O)c1cn[nH]c1-c1ccc2c(c1)OCCO2. The van der Waals surface area contributed by atoms with Gasteiger partial charge < -0.3 is 19.1 Å². The fourth-order valence-corrected chi connectivity index (χ4v) is 3.19. The molecule has 1 aliphatic heterocycles. The third-order valence-electron chi connectivity index (χ3n) is 4.83. The second kappa shape index (κ2) is 8.26. The van der Waals surface area contributed by atoms with E-state index in [1.165, 1.54) is 0 Å². The molecule has 1 amide bonds. The zero-order valence-corrected chi connectivity index (χ0v) is 16.5. The van der Waals surface area contributed by atoms with Crippen LogP contribution < -0.4 is 14.2 Å². The number of nitrogens with one attached hydrogen (secondary N) is 1. The molecule has 1 aromatic heterocycles. The average Bonchev–Trinajstić information content (AvgIpc) is 3.24. The fraction of sp³-hybridized carbons (Fsp3) is 0.273. The number of fused-ring (bicyclic) bond motifs is 1. The van der Waals surface area contributed by atoms with Gasteiger partial charge in [-0.05, 0) is 36.8 Å². The van der Waals surface area contributed by atoms with Crippen LogP contribution >= 0.6 is 0 Å². The molecular weight excluding hydrogens is 370 g/mol. The van der Waals surface area contributed by atoms with Crippen LogP contribution in [0.5, 0.6) is 17.2 Å². The quantitative estimate of drug-likeness (QED) is 0.695. The van der Waals surface area contributed by atoms with Crippen LogP contribution in [-0.2, 0) is 0 Å². The van der Waals surface area contributed by atoms with E-state index in [-0.39, 0.29) is 5.91 Å². The van der Waals surface area contributed by atoms with Crippen molar-refractivity contribution in [3.05, 3.63) is 59.8 Å². The van der Waals surface area contributed by atoms with E-state index in [0.29, 0.717) is 49.1 Å². The highest BCUT2D eigenvalue weighted by Gasteiger charge is 2.21. The number of nitrogens with zero attached hydrogens (tertiary/aromatic N) is 2. The largest absolute Gasteiger partial charge is 0.491 e. The fourth-order valence-electron chi connectivity index (χ4n) is 3.19. The normalized spacial score (nSPS) is 12.5. The van der Waals surface area contributed by atoms with Crippen LogP contribution in [0.15, 0.2) is 48.7 Å². The predicted octanol–water partition coefficient (Wildman–Crippen LogP) is 3.31. The first kappa shape index (κ1) is 18.9. The summed E-state index contributed by atoms with van der Waals surface area (Å²) in [4.78, 5) is 14.6. The van der Waals surface area contributed by atoms with Crippen LogP contribution in [0.1, 0.15) is 15.9 Å². The van der Waals surface area contributed by atoms with E-state index in [9.17, 15) is 4.79 Å². The predicted molar refractivity (Wildman–Crippen MR) is 109 cm³/mol. The lowest BCUT2D eigenvalue weighted by molar-refractivity contribution is 0.0774. The van der Waals surface area contributed by atoms with Gasteiger partial charge in [0.2, 0.25) is 0 Å². The van der Waals surface area contributed by atoms with E-state index < -0.39 is 0 Å². The molecule has 2 heterocycles. The minimum absolute atomic E-state index is 0.128. The molecule has 0 bridgehead atoms. The summed E-state index contributed by atoms with van der Waals surface area (Å²) in [5, 5.41) is 7.01. The van der Waals surface area contributed by atoms with Crippen molar-refractivity contribution in [2.75, 3.05) is 33.4 Å². The number of hydrogen-bond acceptors (Lipinski definition) is 5. The van der Waals surface area contributed by atoms with Crippen molar-refractivity contribution in [1.82, 2.24) is 15.1 Å². The number of amides is 1. The smallest absolute Gasteiger partial charge is 0.257 e. The molecule has 29 heavy (non-hydrogen) atoms. The molecule has 0 spiro atoms. The van der Waals surface area contributed by atoms with E-state index in [0.717, 1.165) is 16.9 Å². The Morgan fingerprint density at radius 1 is 1.17 bits per heavy atom. The second-order valence-electron chi connectivity index (χ2n) is 6.86. The number of ether oxygens (including phenoxy) is 3. The van der Waals surface area contributed by atoms with Crippen molar-refractivity contribution in [3.63, 3.8) is 0 Å². The lowest BCUT2D eigenvalue weighted by Crippen LogP contribution is -2.31. The van der Waals surface area contributed by atoms with E-state index in [1.807, 2.05) is 49.4 Å². The van der Waals surface area contributed by atoms with Crippen LogP contribution in [0.25, 0.3) is 11.3 Å². The molecule has 7 nitrogen and oxygen atoms in total. The number of aromatic nitrogens is 2. The Labute approximate surface area is 169 Å². The summed E-state index contributed by atoms with van der Waals surface area (Å²) in [7, 11) is 1.75. The van der Waals surface area contributed by atoms with Gasteiger partial charge in [-0.15, -0.1) is 0 Å². The summed E-state index contributed by atoms with van der Waals surface area (Å²) in [6.07, 6.45) is 1.55. The molecule has 4 rings (SSSR count). The summed E-state index contributed by atoms with van der Waals surface area (Å²) in [5.74, 6) is 2.07. The van der Waals surface area contributed by atoms with Crippen LogP contribution in [0.3, 0.4) is 0 Å². The van der Waals surface area contributed by atoms with Crippen molar-refractivity contribution >= 4 is 5.91 Å². The molecule has 0 saturated heterocycles. The number of rotatable bonds is 6. The molecule has 1 N–H and O–H groups in total. The molecule has 1 aliphatic rings. The van der Waals surface area contributed by atoms with Gasteiger partial charge >= 0.3 is 0 Å². The minimum atomic E-state index is -0.128. The molecule has 0 aliphatic carbocycles. The Balaban J connectivity index is 1.44. The third kappa shape index (κ3) is 4.03. The van der Waals surface area contributed by atoms with Gasteiger partial charge in [0.05, 0.1) is 24.0 Å². The lowest BCUT2D eigenvalue weighted by Gasteiger charge is -2.20. The topological polar surface area (TPSA) is 76.7 Å². The summed E-state index contributed by atoms with van der Waals surface area (Å²) in [5.41, 5.74) is 3.04. The number of aromatic amines is 1. The standard InChI is InChI=1S/C22H23N3O4/c1-15-5-3-4-6-18(15)27-10-9-25(2)22(26)17-14-23-24-21(17)16-7-8-19-20(13-16)29-12-11-28-19/h3-8,13-14H,9-12H2,1-2H3,(H,23,24). The zero-order chi connectivity index (χ0) is 20.2. The van der Waals surface area contributed by atoms with Crippen LogP contribution in [-0.4, -0.2) is 54.4 Å². The second-order valence-corrected chi connectivity index (χ2v) is 6.86. The van der Waals surface area contributed by atoms with Crippen LogP contribution in [0.4, 0.5) is 0 Å². The minimum Gasteiger partial charge on any atom is -0.491 e. The highest BCUT2D eigenvalue weighted by atomic mass is 16.6. The first-order valence-corrected chi connectivity index (χ1v) is 9.51. The number of benzene rings is 2. The van der Waals surface area contributed by atoms with Gasteiger partial charge in [0, 0.05) is 12.6 Å². The number of likely N-dealkylation sites (N-methyl/N-ethyl adjacent to an activating group) is 1. The molecule has 150 valence electrons. The summed E-state index contributed by atoms with van der Waals surface area (Å²) >= 11 is 0. The van der Waals surface area contributed by atoms with Crippen LogP contribution in [0, 0.1) is 6.92 Å². The van der Waals surface area contributed by atoms with Crippen molar-refractivity contribution in [2.45, 2.75) is 6.92 Å². The van der Waals surface area contributed by atoms with Crippen molar-refractivity contribution < 1.29 is 19.0 Å². The van der Waals surface area contributed by atoms with Gasteiger partial charge in [0.15, 0.2) is 11.5 Å². The summed E-state index contributed by atoms with van der Waals surface area (Å²) < 4.78 is 17.0. The Morgan fingerprint density at radius 2 is 1.97 bits per heavy atom. The molecule has 2 aromatic carbocycles. The molecule has 0 saturated carbocycles. The maximum atomic E-state index is 13.0. The Morgan fingerprint density at radius 3 is 2.79 bits per heavy atom. The maximum Gasteiger partial charge on any atom is 0.257 e. The van der Waals surface area contributed by atoms with Crippen LogP contribution in [0.2, 0.25) is 0 Å². The van der Waals surface area contributed by atoms with Gasteiger partial charge in [-0.3, -0.25) is 9.89 Å². The molecule has 0 unspecified atom stereocenters. The molecule has 0 radical (unpaired) electrons. The zero-order valence-electron chi connectivity index (χ0n) is 16.5. The van der Waals surface area contributed by atoms with E-state index >= 15 is 0 Å². The monoisotopic (exact) mass is 393 g/mol. The van der Waals surface area contributed by atoms with E-state index in [1.54, 1.807) is 18.1 Å². The van der Waals surface area contributed by atoms with Gasteiger partial charge in [0.25, 0.3) is 5.91 Å². The third-order valence-corrected chi connectivity index (χ3v) is 4.83. The Kier molecular flexibility index (Phi) is 5.37.